The minimum Gasteiger partial charge on any atom is -0.355 e. The fourth-order valence-electron chi connectivity index (χ4n) is 1.18. The molecule has 0 atom stereocenters. The van der Waals surface area contributed by atoms with Crippen molar-refractivity contribution in [3.8, 4) is 6.07 Å². The number of benzene rings is 1. The van der Waals surface area contributed by atoms with Crippen LogP contribution in [0.5, 0.6) is 0 Å². The first-order valence-electron chi connectivity index (χ1n) is 5.07. The maximum Gasteiger partial charge on any atom is 0.218 e. The summed E-state index contributed by atoms with van der Waals surface area (Å²) in [5, 5.41) is 11.5. The minimum atomic E-state index is -3.79. The summed E-state index contributed by atoms with van der Waals surface area (Å²) >= 11 is 4.76. The van der Waals surface area contributed by atoms with Crippen molar-refractivity contribution in [3.05, 3.63) is 40.9 Å². The van der Waals surface area contributed by atoms with E-state index in [1.807, 2.05) is 6.92 Å². The van der Waals surface area contributed by atoms with Crippen molar-refractivity contribution >= 4 is 27.0 Å². The standard InChI is InChI=1S/C12H12N2O2S2/c1-9-3-5-11(6-4-9)18(15,16)12(7-13)8-14-10(2)17/h3-6,8H,1-2H3,(H,14,17). The quantitative estimate of drug-likeness (QED) is 0.678. The maximum absolute atomic E-state index is 12.1. The second-order valence-corrected chi connectivity index (χ2v) is 6.17. The van der Waals surface area contributed by atoms with Crippen LogP contribution in [0.3, 0.4) is 0 Å². The van der Waals surface area contributed by atoms with Crippen molar-refractivity contribution in [1.82, 2.24) is 5.32 Å². The molecule has 0 bridgehead atoms. The van der Waals surface area contributed by atoms with Gasteiger partial charge in [-0.2, -0.15) is 5.26 Å². The van der Waals surface area contributed by atoms with Gasteiger partial charge in [-0.25, -0.2) is 8.42 Å². The lowest BCUT2D eigenvalue weighted by atomic mass is 10.2. The van der Waals surface area contributed by atoms with Crippen LogP contribution in [0.1, 0.15) is 12.5 Å². The Morgan fingerprint density at radius 3 is 2.39 bits per heavy atom. The molecule has 0 aromatic heterocycles. The maximum atomic E-state index is 12.1. The highest BCUT2D eigenvalue weighted by Crippen LogP contribution is 2.18. The fourth-order valence-corrected chi connectivity index (χ4v) is 2.32. The normalized spacial score (nSPS) is 11.7. The highest BCUT2D eigenvalue weighted by atomic mass is 32.2. The molecule has 0 spiro atoms. The summed E-state index contributed by atoms with van der Waals surface area (Å²) in [6.45, 7) is 3.45. The van der Waals surface area contributed by atoms with E-state index in [1.165, 1.54) is 12.1 Å². The van der Waals surface area contributed by atoms with Gasteiger partial charge in [-0.15, -0.1) is 0 Å². The summed E-state index contributed by atoms with van der Waals surface area (Å²) in [7, 11) is -3.79. The molecule has 0 saturated carbocycles. The van der Waals surface area contributed by atoms with Gasteiger partial charge in [0.25, 0.3) is 0 Å². The number of hydrogen-bond acceptors (Lipinski definition) is 4. The molecule has 0 unspecified atom stereocenters. The molecule has 1 aromatic carbocycles. The predicted molar refractivity (Wildman–Crippen MR) is 73.5 cm³/mol. The van der Waals surface area contributed by atoms with Gasteiger partial charge >= 0.3 is 0 Å². The van der Waals surface area contributed by atoms with Crippen molar-refractivity contribution in [2.45, 2.75) is 18.7 Å². The van der Waals surface area contributed by atoms with E-state index in [2.05, 4.69) is 5.32 Å². The van der Waals surface area contributed by atoms with Crippen LogP contribution in [-0.4, -0.2) is 13.4 Å². The average molecular weight is 280 g/mol. The minimum absolute atomic E-state index is 0.0877. The molecule has 0 amide bonds. The van der Waals surface area contributed by atoms with E-state index < -0.39 is 9.84 Å². The van der Waals surface area contributed by atoms with Gasteiger partial charge < -0.3 is 5.32 Å². The van der Waals surface area contributed by atoms with Crippen LogP contribution >= 0.6 is 12.2 Å². The molecular weight excluding hydrogens is 268 g/mol. The number of hydrogen-bond donors (Lipinski definition) is 1. The molecular formula is C12H12N2O2S2. The first-order chi connectivity index (χ1) is 8.37. The Morgan fingerprint density at radius 1 is 1.39 bits per heavy atom. The molecule has 1 rings (SSSR count). The third-order valence-corrected chi connectivity index (χ3v) is 3.94. The third-order valence-electron chi connectivity index (χ3n) is 2.14. The lowest BCUT2D eigenvalue weighted by Gasteiger charge is -2.04. The number of allylic oxidation sites excluding steroid dienone is 1. The van der Waals surface area contributed by atoms with Crippen LogP contribution in [-0.2, 0) is 9.84 Å². The van der Waals surface area contributed by atoms with Crippen LogP contribution < -0.4 is 5.32 Å². The monoisotopic (exact) mass is 280 g/mol. The van der Waals surface area contributed by atoms with Gasteiger partial charge in [0.15, 0.2) is 4.91 Å². The Hall–Kier alpha value is -1.71. The first kappa shape index (κ1) is 14.4. The summed E-state index contributed by atoms with van der Waals surface area (Å²) < 4.78 is 24.2. The SMILES string of the molecule is CC(=S)NC=C(C#N)S(=O)(=O)c1ccc(C)cc1. The first-order valence-corrected chi connectivity index (χ1v) is 6.96. The average Bonchev–Trinajstić information content (AvgIpc) is 2.29. The van der Waals surface area contributed by atoms with E-state index in [1.54, 1.807) is 25.1 Å². The molecule has 0 radical (unpaired) electrons. The van der Waals surface area contributed by atoms with Crippen molar-refractivity contribution in [2.24, 2.45) is 0 Å². The van der Waals surface area contributed by atoms with Crippen LogP contribution in [0.25, 0.3) is 0 Å². The fraction of sp³-hybridized carbons (Fsp3) is 0.167. The van der Waals surface area contributed by atoms with Crippen molar-refractivity contribution in [2.75, 3.05) is 0 Å². The van der Waals surface area contributed by atoms with Gasteiger partial charge in [0.2, 0.25) is 9.84 Å². The highest BCUT2D eigenvalue weighted by Gasteiger charge is 2.20. The van der Waals surface area contributed by atoms with E-state index in [-0.39, 0.29) is 9.80 Å². The largest absolute Gasteiger partial charge is 0.355 e. The van der Waals surface area contributed by atoms with E-state index in [4.69, 9.17) is 17.5 Å². The Bertz CT molecular complexity index is 623. The van der Waals surface area contributed by atoms with Crippen LogP contribution in [0, 0.1) is 18.3 Å². The molecule has 6 heteroatoms. The van der Waals surface area contributed by atoms with Gasteiger partial charge in [0.05, 0.1) is 9.88 Å². The van der Waals surface area contributed by atoms with E-state index in [0.29, 0.717) is 4.99 Å². The molecule has 94 valence electrons. The molecule has 0 fully saturated rings. The molecule has 4 nitrogen and oxygen atoms in total. The lowest BCUT2D eigenvalue weighted by Crippen LogP contribution is -2.13. The second-order valence-electron chi connectivity index (χ2n) is 3.64. The zero-order valence-corrected chi connectivity index (χ0v) is 11.6. The van der Waals surface area contributed by atoms with Gasteiger partial charge in [-0.3, -0.25) is 0 Å². The van der Waals surface area contributed by atoms with Crippen molar-refractivity contribution < 1.29 is 8.42 Å². The highest BCUT2D eigenvalue weighted by molar-refractivity contribution is 7.95. The summed E-state index contributed by atoms with van der Waals surface area (Å²) in [4.78, 5) is 0.113. The van der Waals surface area contributed by atoms with Gasteiger partial charge in [0.1, 0.15) is 6.07 Å². The number of aryl methyl sites for hydroxylation is 1. The van der Waals surface area contributed by atoms with Crippen molar-refractivity contribution in [1.29, 1.82) is 5.26 Å². The summed E-state index contributed by atoms with van der Waals surface area (Å²) in [6.07, 6.45) is 1.11. The molecule has 1 aromatic rings. The zero-order chi connectivity index (χ0) is 13.8. The van der Waals surface area contributed by atoms with Crippen LogP contribution in [0.15, 0.2) is 40.3 Å². The summed E-state index contributed by atoms with van der Waals surface area (Å²) in [5.74, 6) is 0. The topological polar surface area (TPSA) is 70.0 Å². The second kappa shape index (κ2) is 5.76. The number of sulfone groups is 1. The van der Waals surface area contributed by atoms with Gasteiger partial charge in [-0.1, -0.05) is 29.9 Å². The number of rotatable bonds is 3. The van der Waals surface area contributed by atoms with Gasteiger partial charge in [-0.05, 0) is 26.0 Å². The number of thiocarbonyl (C=S) groups is 1. The predicted octanol–water partition coefficient (Wildman–Crippen LogP) is 2.07. The smallest absolute Gasteiger partial charge is 0.218 e. The zero-order valence-electron chi connectivity index (χ0n) is 9.97. The number of nitriles is 1. The Balaban J connectivity index is 3.20. The van der Waals surface area contributed by atoms with E-state index >= 15 is 0 Å². The molecule has 0 aliphatic rings. The molecule has 0 heterocycles. The van der Waals surface area contributed by atoms with Crippen LogP contribution in [0.4, 0.5) is 0 Å². The van der Waals surface area contributed by atoms with Crippen molar-refractivity contribution in [3.63, 3.8) is 0 Å². The molecule has 0 aliphatic heterocycles. The molecule has 18 heavy (non-hydrogen) atoms. The molecule has 0 saturated heterocycles. The molecule has 1 N–H and O–H groups in total. The number of nitrogens with one attached hydrogen (secondary N) is 1. The van der Waals surface area contributed by atoms with E-state index in [9.17, 15) is 8.42 Å². The summed E-state index contributed by atoms with van der Waals surface area (Å²) in [6, 6.07) is 7.97. The van der Waals surface area contributed by atoms with Gasteiger partial charge in [0, 0.05) is 6.20 Å². The van der Waals surface area contributed by atoms with Crippen LogP contribution in [0.2, 0.25) is 0 Å². The Kier molecular flexibility index (Phi) is 4.59. The van der Waals surface area contributed by atoms with E-state index in [0.717, 1.165) is 11.8 Å². The number of nitrogens with zero attached hydrogens (tertiary/aromatic N) is 1. The summed E-state index contributed by atoms with van der Waals surface area (Å²) in [5.41, 5.74) is 0.948. The Morgan fingerprint density at radius 2 is 1.94 bits per heavy atom. The Labute approximate surface area is 112 Å². The lowest BCUT2D eigenvalue weighted by molar-refractivity contribution is 0.603. The third kappa shape index (κ3) is 3.39. The molecule has 0 aliphatic carbocycles.